The number of ether oxygens (including phenoxy) is 5. The number of rotatable bonds is 12. The summed E-state index contributed by atoms with van der Waals surface area (Å²) in [5.74, 6) is -1.82. The van der Waals surface area contributed by atoms with Crippen molar-refractivity contribution in [2.24, 2.45) is 5.92 Å². The summed E-state index contributed by atoms with van der Waals surface area (Å²) in [6.45, 7) is 10.9. The van der Waals surface area contributed by atoms with Crippen LogP contribution < -0.4 is 31.4 Å². The van der Waals surface area contributed by atoms with E-state index in [1.807, 2.05) is 0 Å². The summed E-state index contributed by atoms with van der Waals surface area (Å²) in [4.78, 5) is 65.9. The molecule has 0 bridgehead atoms. The maximum atomic E-state index is 16.2. The molecule has 0 radical (unpaired) electrons. The monoisotopic (exact) mass is 718 g/mol. The van der Waals surface area contributed by atoms with Crippen LogP contribution in [0.25, 0.3) is 0 Å². The minimum absolute atomic E-state index is 0.106. The SMILES string of the molecule is CCc1cn([C@@H]2O[C@H](CNC(=O)[C@H](C)Oc3cc(OC)c(Cl)cc3Cl)[C@@H](OC(=O)[C@@H](NC(=O)OC(C)(C)C)C(C)C)[C@@H]2F)c(=O)[nH]c1=O. The number of methoxy groups -OCH3 is 1. The predicted octanol–water partition coefficient (Wildman–Crippen LogP) is 3.69. The van der Waals surface area contributed by atoms with Gasteiger partial charge >= 0.3 is 17.8 Å². The molecular formula is C31H41Cl2FN4O10. The Hall–Kier alpha value is -3.82. The number of amides is 2. The van der Waals surface area contributed by atoms with Crippen LogP contribution in [0.15, 0.2) is 27.9 Å². The third-order valence-electron chi connectivity index (χ3n) is 7.17. The summed E-state index contributed by atoms with van der Waals surface area (Å²) < 4.78 is 44.6. The standard InChI is InChI=1S/C31H41Cl2FN4O10/c1-9-16-13-38(29(42)37-26(16)40)27-22(34)24(47-28(41)23(14(2)3)36-30(43)48-31(5,6)7)21(46-27)12-35-25(39)15(4)45-20-11-19(44-8)17(32)10-18(20)33/h10-11,13-15,21-24,27H,9,12H2,1-8H3,(H,35,39)(H,36,43)(H,37,40,42)/t15-,21+,22-,23-,24+,27+/m0/s1. The van der Waals surface area contributed by atoms with Gasteiger partial charge in [-0.3, -0.25) is 19.1 Å². The highest BCUT2D eigenvalue weighted by molar-refractivity contribution is 6.36. The van der Waals surface area contributed by atoms with E-state index in [-0.39, 0.29) is 33.5 Å². The summed E-state index contributed by atoms with van der Waals surface area (Å²) in [5.41, 5.74) is -2.27. The number of aromatic amines is 1. The van der Waals surface area contributed by atoms with Crippen LogP contribution in [0.2, 0.25) is 10.0 Å². The van der Waals surface area contributed by atoms with E-state index >= 15 is 4.39 Å². The molecule has 6 atom stereocenters. The smallest absolute Gasteiger partial charge is 0.408 e. The van der Waals surface area contributed by atoms with Gasteiger partial charge in [-0.05, 0) is 46.1 Å². The lowest BCUT2D eigenvalue weighted by Crippen LogP contribution is -2.50. The fraction of sp³-hybridized carbons (Fsp3) is 0.581. The van der Waals surface area contributed by atoms with Crippen molar-refractivity contribution in [3.05, 3.63) is 54.8 Å². The van der Waals surface area contributed by atoms with Crippen LogP contribution in [0.5, 0.6) is 11.5 Å². The number of aryl methyl sites for hydroxylation is 1. The molecule has 0 unspecified atom stereocenters. The van der Waals surface area contributed by atoms with Gasteiger partial charge in [0.15, 0.2) is 24.6 Å². The van der Waals surface area contributed by atoms with Crippen molar-refractivity contribution in [3.8, 4) is 11.5 Å². The van der Waals surface area contributed by atoms with Gasteiger partial charge in [-0.15, -0.1) is 0 Å². The molecule has 266 valence electrons. The van der Waals surface area contributed by atoms with Crippen LogP contribution in [-0.4, -0.2) is 77.3 Å². The second kappa shape index (κ2) is 16.1. The summed E-state index contributed by atoms with van der Waals surface area (Å²) in [6, 6.07) is 1.54. The Bertz CT molecular complexity index is 1610. The second-order valence-electron chi connectivity index (χ2n) is 12.4. The molecule has 14 nitrogen and oxygen atoms in total. The van der Waals surface area contributed by atoms with Gasteiger partial charge in [-0.2, -0.15) is 0 Å². The number of alkyl carbamates (subject to hydrolysis) is 1. The molecule has 2 heterocycles. The molecule has 0 aliphatic carbocycles. The molecule has 3 N–H and O–H groups in total. The van der Waals surface area contributed by atoms with Crippen molar-refractivity contribution in [2.45, 2.75) is 97.2 Å². The van der Waals surface area contributed by atoms with Crippen LogP contribution in [0.3, 0.4) is 0 Å². The van der Waals surface area contributed by atoms with Gasteiger partial charge in [-0.25, -0.2) is 18.8 Å². The first-order valence-electron chi connectivity index (χ1n) is 15.2. The fourth-order valence-electron chi connectivity index (χ4n) is 4.68. The number of nitrogens with zero attached hydrogens (tertiary/aromatic N) is 1. The molecule has 2 amide bonds. The Labute approximate surface area is 286 Å². The lowest BCUT2D eigenvalue weighted by molar-refractivity contribution is -0.157. The van der Waals surface area contributed by atoms with E-state index in [0.29, 0.717) is 0 Å². The van der Waals surface area contributed by atoms with Crippen LogP contribution in [-0.2, 0) is 30.2 Å². The molecule has 1 aromatic heterocycles. The Morgan fingerprint density at radius 2 is 1.75 bits per heavy atom. The van der Waals surface area contributed by atoms with Crippen molar-refractivity contribution >= 4 is 41.2 Å². The molecule has 1 saturated heterocycles. The number of carbonyl (C=O) groups is 3. The first kappa shape index (κ1) is 38.6. The summed E-state index contributed by atoms with van der Waals surface area (Å²) >= 11 is 12.3. The number of nitrogens with one attached hydrogen (secondary N) is 3. The average Bonchev–Trinajstić information content (AvgIpc) is 3.28. The van der Waals surface area contributed by atoms with Gasteiger partial charge in [-0.1, -0.05) is 44.0 Å². The molecule has 48 heavy (non-hydrogen) atoms. The Balaban J connectivity index is 1.86. The van der Waals surface area contributed by atoms with E-state index in [4.69, 9.17) is 46.9 Å². The van der Waals surface area contributed by atoms with Crippen molar-refractivity contribution < 1.29 is 42.5 Å². The fourth-order valence-corrected chi connectivity index (χ4v) is 5.18. The first-order valence-corrected chi connectivity index (χ1v) is 15.9. The zero-order valence-electron chi connectivity index (χ0n) is 27.9. The molecule has 1 aliphatic heterocycles. The van der Waals surface area contributed by atoms with E-state index in [1.165, 1.54) is 32.4 Å². The molecule has 17 heteroatoms. The number of esters is 1. The van der Waals surface area contributed by atoms with Crippen molar-refractivity contribution in [2.75, 3.05) is 13.7 Å². The largest absolute Gasteiger partial charge is 0.495 e. The first-order chi connectivity index (χ1) is 22.4. The Kier molecular flexibility index (Phi) is 12.9. The lowest BCUT2D eigenvalue weighted by atomic mass is 10.0. The van der Waals surface area contributed by atoms with Crippen molar-refractivity contribution in [3.63, 3.8) is 0 Å². The number of hydrogen-bond acceptors (Lipinski definition) is 10. The zero-order valence-corrected chi connectivity index (χ0v) is 29.4. The van der Waals surface area contributed by atoms with E-state index in [9.17, 15) is 24.0 Å². The van der Waals surface area contributed by atoms with Crippen LogP contribution in [0.1, 0.15) is 60.3 Å². The highest BCUT2D eigenvalue weighted by atomic mass is 35.5. The predicted molar refractivity (Wildman–Crippen MR) is 173 cm³/mol. The number of H-pyrrole nitrogens is 1. The minimum atomic E-state index is -2.15. The number of benzene rings is 1. The molecule has 1 aliphatic rings. The maximum absolute atomic E-state index is 16.2. The van der Waals surface area contributed by atoms with Crippen molar-refractivity contribution in [1.29, 1.82) is 0 Å². The van der Waals surface area contributed by atoms with Gasteiger partial charge < -0.3 is 34.3 Å². The summed E-state index contributed by atoms with van der Waals surface area (Å²) in [5, 5.41) is 5.37. The zero-order chi connectivity index (χ0) is 36.1. The summed E-state index contributed by atoms with van der Waals surface area (Å²) in [7, 11) is 1.40. The van der Waals surface area contributed by atoms with Crippen molar-refractivity contribution in [1.82, 2.24) is 20.2 Å². The number of hydrogen-bond donors (Lipinski definition) is 3. The number of alkyl halides is 1. The molecule has 1 fully saturated rings. The number of halogens is 3. The van der Waals surface area contributed by atoms with Crippen LogP contribution in [0.4, 0.5) is 9.18 Å². The molecule has 1 aromatic carbocycles. The van der Waals surface area contributed by atoms with Gasteiger partial charge in [0.1, 0.15) is 29.2 Å². The molecular weight excluding hydrogens is 678 g/mol. The topological polar surface area (TPSA) is 176 Å². The number of aromatic nitrogens is 2. The lowest BCUT2D eigenvalue weighted by Gasteiger charge is -2.27. The Morgan fingerprint density at radius 3 is 2.33 bits per heavy atom. The third-order valence-corrected chi connectivity index (χ3v) is 7.76. The molecule has 0 spiro atoms. The highest BCUT2D eigenvalue weighted by Crippen LogP contribution is 2.36. The van der Waals surface area contributed by atoms with E-state index < -0.39 is 84.0 Å². The second-order valence-corrected chi connectivity index (χ2v) is 13.2. The van der Waals surface area contributed by atoms with Gasteiger partial charge in [0.2, 0.25) is 0 Å². The van der Waals surface area contributed by atoms with Gasteiger partial charge in [0, 0.05) is 24.4 Å². The normalized spacial score (nSPS) is 20.5. The number of carbonyl (C=O) groups excluding carboxylic acids is 3. The highest BCUT2D eigenvalue weighted by Gasteiger charge is 2.50. The van der Waals surface area contributed by atoms with Crippen LogP contribution in [0, 0.1) is 5.92 Å². The minimum Gasteiger partial charge on any atom is -0.495 e. The van der Waals surface area contributed by atoms with Crippen LogP contribution >= 0.6 is 23.2 Å². The molecule has 0 saturated carbocycles. The van der Waals surface area contributed by atoms with Gasteiger partial charge in [0.05, 0.1) is 17.2 Å². The average molecular weight is 720 g/mol. The molecule has 2 aromatic rings. The maximum Gasteiger partial charge on any atom is 0.408 e. The van der Waals surface area contributed by atoms with E-state index in [1.54, 1.807) is 41.5 Å². The van der Waals surface area contributed by atoms with E-state index in [2.05, 4.69) is 15.6 Å². The van der Waals surface area contributed by atoms with E-state index in [0.717, 1.165) is 4.57 Å². The van der Waals surface area contributed by atoms with Gasteiger partial charge in [0.25, 0.3) is 11.5 Å². The third kappa shape index (κ3) is 9.63. The molecule has 3 rings (SSSR count). The Morgan fingerprint density at radius 1 is 1.10 bits per heavy atom. The quantitative estimate of drug-likeness (QED) is 0.274. The summed E-state index contributed by atoms with van der Waals surface area (Å²) in [6.07, 6.45) is -7.42.